The predicted octanol–water partition coefficient (Wildman–Crippen LogP) is -0.860. The molecular weight excluding hydrogens is 398 g/mol. The van der Waals surface area contributed by atoms with Gasteiger partial charge in [-0.05, 0) is 24.6 Å². The molecule has 2 saturated heterocycles. The van der Waals surface area contributed by atoms with Gasteiger partial charge in [0.15, 0.2) is 0 Å². The van der Waals surface area contributed by atoms with E-state index < -0.39 is 41.2 Å². The van der Waals surface area contributed by atoms with Gasteiger partial charge >= 0.3 is 0 Å². The summed E-state index contributed by atoms with van der Waals surface area (Å²) in [4.78, 5) is 54.6. The van der Waals surface area contributed by atoms with Crippen LogP contribution in [-0.4, -0.2) is 36.8 Å². The molecule has 3 aliphatic heterocycles. The quantitative estimate of drug-likeness (QED) is 0.648. The van der Waals surface area contributed by atoms with Crippen LogP contribution in [0.15, 0.2) is 54.6 Å². The van der Waals surface area contributed by atoms with Crippen LogP contribution in [0.3, 0.4) is 0 Å². The molecule has 1 spiro atoms. The van der Waals surface area contributed by atoms with Gasteiger partial charge in [0, 0.05) is 25.0 Å². The average Bonchev–Trinajstić information content (AvgIpc) is 3.32. The SMILES string of the molecule is CN1C(=O)[C@@]2([NH2+][C@@H](CCC(=O)[O-])[C@H]3C(=O)N(c4ccccc4)C(=O)[C@@H]32)c2ccccc21. The minimum Gasteiger partial charge on any atom is -0.550 e. The van der Waals surface area contributed by atoms with Crippen LogP contribution in [0.2, 0.25) is 0 Å². The van der Waals surface area contributed by atoms with Crippen LogP contribution in [0.1, 0.15) is 18.4 Å². The summed E-state index contributed by atoms with van der Waals surface area (Å²) in [5, 5.41) is 12.9. The Kier molecular flexibility index (Phi) is 4.23. The smallest absolute Gasteiger partial charge is 0.293 e. The van der Waals surface area contributed by atoms with Gasteiger partial charge in [-0.15, -0.1) is 0 Å². The van der Waals surface area contributed by atoms with Crippen molar-refractivity contribution in [1.29, 1.82) is 0 Å². The maximum absolute atomic E-state index is 13.7. The fraction of sp³-hybridized carbons (Fsp3) is 0.304. The Morgan fingerprint density at radius 2 is 1.71 bits per heavy atom. The number of nitrogens with zero attached hydrogens (tertiary/aromatic N) is 2. The van der Waals surface area contributed by atoms with Gasteiger partial charge in [0.05, 0.1) is 11.4 Å². The van der Waals surface area contributed by atoms with Crippen molar-refractivity contribution in [2.75, 3.05) is 16.8 Å². The first-order valence-corrected chi connectivity index (χ1v) is 10.2. The summed E-state index contributed by atoms with van der Waals surface area (Å²) >= 11 is 0. The molecule has 5 rings (SSSR count). The molecule has 3 heterocycles. The van der Waals surface area contributed by atoms with Crippen molar-refractivity contribution in [2.45, 2.75) is 24.4 Å². The number of carbonyl (C=O) groups excluding carboxylic acids is 4. The maximum atomic E-state index is 13.7. The van der Waals surface area contributed by atoms with Crippen molar-refractivity contribution in [3.05, 3.63) is 60.2 Å². The Morgan fingerprint density at radius 1 is 1.03 bits per heavy atom. The van der Waals surface area contributed by atoms with Gasteiger partial charge in [-0.1, -0.05) is 36.4 Å². The number of likely N-dealkylation sites (N-methyl/N-ethyl adjacent to an activating group) is 1. The molecule has 0 bridgehead atoms. The summed E-state index contributed by atoms with van der Waals surface area (Å²) in [6, 6.07) is 15.4. The minimum absolute atomic E-state index is 0.131. The molecule has 0 aliphatic carbocycles. The molecule has 8 nitrogen and oxygen atoms in total. The minimum atomic E-state index is -1.29. The van der Waals surface area contributed by atoms with E-state index >= 15 is 0 Å². The number of quaternary nitrogens is 1. The van der Waals surface area contributed by atoms with E-state index in [2.05, 4.69) is 0 Å². The molecule has 0 unspecified atom stereocenters. The zero-order valence-electron chi connectivity index (χ0n) is 16.9. The van der Waals surface area contributed by atoms with Crippen molar-refractivity contribution in [3.8, 4) is 0 Å². The van der Waals surface area contributed by atoms with E-state index in [-0.39, 0.29) is 18.7 Å². The highest BCUT2D eigenvalue weighted by Crippen LogP contribution is 2.51. The van der Waals surface area contributed by atoms with Crippen molar-refractivity contribution >= 4 is 35.1 Å². The number of benzene rings is 2. The average molecular weight is 419 g/mol. The van der Waals surface area contributed by atoms with Crippen LogP contribution in [0.4, 0.5) is 11.4 Å². The fourth-order valence-electron chi connectivity index (χ4n) is 5.60. The fourth-order valence-corrected chi connectivity index (χ4v) is 5.60. The van der Waals surface area contributed by atoms with Gasteiger partial charge < -0.3 is 20.1 Å². The van der Waals surface area contributed by atoms with E-state index in [9.17, 15) is 24.3 Å². The van der Waals surface area contributed by atoms with Crippen LogP contribution in [0.5, 0.6) is 0 Å². The van der Waals surface area contributed by atoms with Crippen LogP contribution < -0.4 is 20.2 Å². The van der Waals surface area contributed by atoms with E-state index in [1.54, 1.807) is 48.8 Å². The molecule has 4 atom stereocenters. The van der Waals surface area contributed by atoms with Crippen LogP contribution >= 0.6 is 0 Å². The van der Waals surface area contributed by atoms with Gasteiger partial charge in [-0.25, -0.2) is 4.90 Å². The lowest BCUT2D eigenvalue weighted by atomic mass is 9.76. The molecule has 2 aromatic carbocycles. The summed E-state index contributed by atoms with van der Waals surface area (Å²) in [6.07, 6.45) is -0.120. The number of hydrogen-bond donors (Lipinski definition) is 1. The number of carboxylic acid groups (broad SMARTS) is 1. The zero-order valence-corrected chi connectivity index (χ0v) is 16.9. The lowest BCUT2D eigenvalue weighted by Crippen LogP contribution is -2.99. The summed E-state index contributed by atoms with van der Waals surface area (Å²) in [7, 11) is 1.66. The second-order valence-electron chi connectivity index (χ2n) is 8.34. The highest BCUT2D eigenvalue weighted by atomic mass is 16.4. The molecule has 0 aromatic heterocycles. The Hall–Kier alpha value is -3.52. The second kappa shape index (κ2) is 6.75. The van der Waals surface area contributed by atoms with E-state index in [1.165, 1.54) is 4.90 Å². The number of nitrogens with two attached hydrogens (primary N) is 1. The molecule has 3 aliphatic rings. The van der Waals surface area contributed by atoms with Gasteiger partial charge in [0.1, 0.15) is 17.9 Å². The highest BCUT2D eigenvalue weighted by Gasteiger charge is 2.75. The Bertz CT molecular complexity index is 1120. The molecule has 31 heavy (non-hydrogen) atoms. The molecular formula is C23H21N3O5. The zero-order chi connectivity index (χ0) is 21.9. The van der Waals surface area contributed by atoms with Crippen molar-refractivity contribution in [2.24, 2.45) is 11.8 Å². The highest BCUT2D eigenvalue weighted by molar-refractivity contribution is 6.25. The third-order valence-electron chi connectivity index (χ3n) is 6.85. The molecule has 3 amide bonds. The molecule has 2 fully saturated rings. The molecule has 0 radical (unpaired) electrons. The predicted molar refractivity (Wildman–Crippen MR) is 107 cm³/mol. The number of rotatable bonds is 4. The number of anilines is 2. The monoisotopic (exact) mass is 419 g/mol. The lowest BCUT2D eigenvalue weighted by molar-refractivity contribution is -0.734. The van der Waals surface area contributed by atoms with Crippen molar-refractivity contribution in [1.82, 2.24) is 0 Å². The van der Waals surface area contributed by atoms with Gasteiger partial charge in [-0.3, -0.25) is 14.4 Å². The number of fused-ring (bicyclic) bond motifs is 4. The normalized spacial score (nSPS) is 29.1. The number of hydrogen-bond acceptors (Lipinski definition) is 5. The Labute approximate surface area is 178 Å². The largest absolute Gasteiger partial charge is 0.550 e. The third-order valence-corrected chi connectivity index (χ3v) is 6.85. The van der Waals surface area contributed by atoms with Gasteiger partial charge in [0.2, 0.25) is 17.4 Å². The molecule has 8 heteroatoms. The van der Waals surface area contributed by atoms with E-state index in [1.807, 2.05) is 18.2 Å². The van der Waals surface area contributed by atoms with E-state index in [0.717, 1.165) is 4.90 Å². The number of para-hydroxylation sites is 2. The van der Waals surface area contributed by atoms with Crippen LogP contribution in [-0.2, 0) is 24.7 Å². The molecule has 158 valence electrons. The molecule has 0 saturated carbocycles. The lowest BCUT2D eigenvalue weighted by Gasteiger charge is -2.27. The second-order valence-corrected chi connectivity index (χ2v) is 8.34. The van der Waals surface area contributed by atoms with Crippen LogP contribution in [0.25, 0.3) is 0 Å². The summed E-state index contributed by atoms with van der Waals surface area (Å²) < 4.78 is 0. The standard InChI is InChI=1S/C23H21N3O5/c1-25-16-10-6-5-9-14(16)23(22(25)31)19-18(15(24-23)11-12-17(27)28)20(29)26(21(19)30)13-7-3-2-4-8-13/h2-10,15,18-19,24H,11-12H2,1H3,(H,27,28)/t15-,18+,19+,23+/m0/s1. The number of imide groups is 1. The van der Waals surface area contributed by atoms with E-state index in [4.69, 9.17) is 0 Å². The first-order valence-electron chi connectivity index (χ1n) is 10.2. The van der Waals surface area contributed by atoms with Crippen molar-refractivity contribution < 1.29 is 29.6 Å². The van der Waals surface area contributed by atoms with E-state index in [0.29, 0.717) is 16.9 Å². The topological polar surface area (TPSA) is 114 Å². The van der Waals surface area contributed by atoms with Gasteiger partial charge in [0.25, 0.3) is 5.91 Å². The Balaban J connectivity index is 1.67. The molecule has 2 N–H and O–H groups in total. The summed E-state index contributed by atoms with van der Waals surface area (Å²) in [5.74, 6) is -4.01. The van der Waals surface area contributed by atoms with Crippen LogP contribution in [0, 0.1) is 11.8 Å². The number of carboxylic acids is 1. The van der Waals surface area contributed by atoms with Gasteiger partial charge in [-0.2, -0.15) is 0 Å². The molecule has 2 aromatic rings. The number of aliphatic carboxylic acids is 1. The first-order chi connectivity index (χ1) is 14.9. The third kappa shape index (κ3) is 2.51. The summed E-state index contributed by atoms with van der Waals surface area (Å²) in [6.45, 7) is 0. The first kappa shape index (κ1) is 19.4. The summed E-state index contributed by atoms with van der Waals surface area (Å²) in [5.41, 5.74) is 0.543. The van der Waals surface area contributed by atoms with Crippen molar-refractivity contribution in [3.63, 3.8) is 0 Å². The Morgan fingerprint density at radius 3 is 2.42 bits per heavy atom. The number of carbonyl (C=O) groups is 4. The number of amides is 3. The maximum Gasteiger partial charge on any atom is 0.293 e.